The van der Waals surface area contributed by atoms with Crippen LogP contribution >= 0.6 is 11.6 Å². The van der Waals surface area contributed by atoms with E-state index in [9.17, 15) is 13.2 Å². The highest BCUT2D eigenvalue weighted by Crippen LogP contribution is 2.40. The Kier molecular flexibility index (Phi) is 3.64. The van der Waals surface area contributed by atoms with Gasteiger partial charge in [-0.1, -0.05) is 18.5 Å². The smallest absolute Gasteiger partial charge is 0.417 e. The van der Waals surface area contributed by atoms with Crippen molar-refractivity contribution in [3.63, 3.8) is 0 Å². The molecule has 2 aromatic rings. The van der Waals surface area contributed by atoms with Crippen LogP contribution in [0.4, 0.5) is 19.0 Å². The Morgan fingerprint density at radius 2 is 2.00 bits per heavy atom. The van der Waals surface area contributed by atoms with E-state index in [-0.39, 0.29) is 39.7 Å². The maximum Gasteiger partial charge on any atom is 0.417 e. The lowest BCUT2D eigenvalue weighted by Crippen LogP contribution is -2.09. The third-order valence-corrected chi connectivity index (χ3v) is 3.27. The minimum atomic E-state index is -4.56. The Morgan fingerprint density at radius 1 is 1.35 bits per heavy atom. The van der Waals surface area contributed by atoms with Gasteiger partial charge in [0.15, 0.2) is 5.82 Å². The van der Waals surface area contributed by atoms with Crippen molar-refractivity contribution >= 4 is 28.5 Å². The third kappa shape index (κ3) is 2.33. The van der Waals surface area contributed by atoms with Crippen LogP contribution in [0, 0.1) is 0 Å². The van der Waals surface area contributed by atoms with Crippen LogP contribution in [-0.2, 0) is 12.6 Å². The van der Waals surface area contributed by atoms with E-state index in [0.717, 1.165) is 6.07 Å². The van der Waals surface area contributed by atoms with Crippen LogP contribution in [0.5, 0.6) is 5.88 Å². The molecule has 1 aromatic heterocycles. The highest BCUT2D eigenvalue weighted by atomic mass is 35.5. The van der Waals surface area contributed by atoms with Crippen LogP contribution in [0.2, 0.25) is 5.02 Å². The summed E-state index contributed by atoms with van der Waals surface area (Å²) in [6.45, 7) is 1.68. The molecule has 0 aliphatic rings. The molecule has 0 unspecified atom stereocenters. The van der Waals surface area contributed by atoms with E-state index < -0.39 is 11.7 Å². The Morgan fingerprint density at radius 3 is 2.50 bits per heavy atom. The largest absolute Gasteiger partial charge is 0.478 e. The fourth-order valence-corrected chi connectivity index (χ4v) is 2.30. The van der Waals surface area contributed by atoms with Crippen LogP contribution in [0.1, 0.15) is 18.1 Å². The molecule has 2 N–H and O–H groups in total. The van der Waals surface area contributed by atoms with Crippen molar-refractivity contribution < 1.29 is 17.9 Å². The molecule has 0 aliphatic carbocycles. The molecule has 0 atom stereocenters. The quantitative estimate of drug-likeness (QED) is 0.923. The first-order valence-corrected chi connectivity index (χ1v) is 6.07. The number of fused-ring (bicyclic) bond motifs is 1. The molecule has 1 heterocycles. The molecule has 0 saturated carbocycles. The molecule has 20 heavy (non-hydrogen) atoms. The van der Waals surface area contributed by atoms with Gasteiger partial charge in [0, 0.05) is 0 Å². The van der Waals surface area contributed by atoms with Gasteiger partial charge >= 0.3 is 6.18 Å². The highest BCUT2D eigenvalue weighted by molar-refractivity contribution is 6.33. The fourth-order valence-electron chi connectivity index (χ4n) is 1.91. The van der Waals surface area contributed by atoms with Gasteiger partial charge in [0.2, 0.25) is 0 Å². The summed E-state index contributed by atoms with van der Waals surface area (Å²) in [5.41, 5.74) is 5.25. The molecule has 0 radical (unpaired) electrons. The van der Waals surface area contributed by atoms with Gasteiger partial charge in [-0.3, -0.25) is 0 Å². The van der Waals surface area contributed by atoms with Gasteiger partial charge in [-0.05, 0) is 18.1 Å². The normalized spacial score (nSPS) is 11.9. The Balaban J connectivity index is 2.88. The molecule has 108 valence electrons. The lowest BCUT2D eigenvalue weighted by molar-refractivity contribution is -0.137. The molecule has 0 spiro atoms. The van der Waals surface area contributed by atoms with Gasteiger partial charge in [0.1, 0.15) is 0 Å². The molecule has 0 saturated heterocycles. The zero-order valence-corrected chi connectivity index (χ0v) is 11.4. The van der Waals surface area contributed by atoms with Crippen molar-refractivity contribution in [3.05, 3.63) is 22.2 Å². The summed E-state index contributed by atoms with van der Waals surface area (Å²) >= 11 is 5.84. The average molecular weight is 306 g/mol. The van der Waals surface area contributed by atoms with Crippen molar-refractivity contribution in [2.24, 2.45) is 0 Å². The molecule has 4 nitrogen and oxygen atoms in total. The van der Waals surface area contributed by atoms with Crippen LogP contribution in [-0.4, -0.2) is 17.1 Å². The number of ether oxygens (including phenoxy) is 1. The van der Waals surface area contributed by atoms with Gasteiger partial charge in [0.25, 0.3) is 5.88 Å². The Hall–Kier alpha value is -1.76. The van der Waals surface area contributed by atoms with Crippen molar-refractivity contribution in [1.82, 2.24) is 9.97 Å². The molecular weight excluding hydrogens is 295 g/mol. The van der Waals surface area contributed by atoms with Gasteiger partial charge in [0.05, 0.1) is 28.7 Å². The number of nitrogens with zero attached hydrogens (tertiary/aromatic N) is 2. The van der Waals surface area contributed by atoms with Crippen LogP contribution in [0.15, 0.2) is 6.07 Å². The number of anilines is 1. The van der Waals surface area contributed by atoms with E-state index in [2.05, 4.69) is 9.97 Å². The van der Waals surface area contributed by atoms with Gasteiger partial charge in [-0.15, -0.1) is 0 Å². The number of methoxy groups -OCH3 is 1. The molecule has 0 fully saturated rings. The Labute approximate surface area is 117 Å². The minimum absolute atomic E-state index is 0.00512. The van der Waals surface area contributed by atoms with E-state index in [0.29, 0.717) is 0 Å². The van der Waals surface area contributed by atoms with Crippen molar-refractivity contribution in [2.45, 2.75) is 19.5 Å². The first-order chi connectivity index (χ1) is 9.29. The first-order valence-electron chi connectivity index (χ1n) is 5.69. The molecule has 0 amide bonds. The number of rotatable bonds is 2. The molecule has 0 aliphatic heterocycles. The number of hydrogen-bond acceptors (Lipinski definition) is 4. The number of hydrogen-bond donors (Lipinski definition) is 1. The van der Waals surface area contributed by atoms with Gasteiger partial charge < -0.3 is 10.5 Å². The number of nitrogens with two attached hydrogens (primary N) is 1. The topological polar surface area (TPSA) is 61.0 Å². The summed E-state index contributed by atoms with van der Waals surface area (Å²) in [6.07, 6.45) is -4.29. The van der Waals surface area contributed by atoms with Crippen LogP contribution < -0.4 is 10.5 Å². The van der Waals surface area contributed by atoms with E-state index in [1.54, 1.807) is 6.92 Å². The van der Waals surface area contributed by atoms with Crippen LogP contribution in [0.3, 0.4) is 0 Å². The summed E-state index contributed by atoms with van der Waals surface area (Å²) < 4.78 is 43.8. The summed E-state index contributed by atoms with van der Waals surface area (Å²) in [5.74, 6) is -0.0134. The maximum atomic E-state index is 13.0. The first kappa shape index (κ1) is 14.6. The van der Waals surface area contributed by atoms with Crippen molar-refractivity contribution in [1.29, 1.82) is 0 Å². The zero-order chi connectivity index (χ0) is 15.1. The second-order valence-corrected chi connectivity index (χ2v) is 4.43. The van der Waals surface area contributed by atoms with Crippen LogP contribution in [0.25, 0.3) is 11.0 Å². The number of aromatic nitrogens is 2. The summed E-state index contributed by atoms with van der Waals surface area (Å²) in [6, 6.07) is 0.853. The lowest BCUT2D eigenvalue weighted by atomic mass is 10.1. The summed E-state index contributed by atoms with van der Waals surface area (Å²) in [7, 11) is 1.31. The molecule has 8 heteroatoms. The number of aryl methyl sites for hydroxylation is 1. The monoisotopic (exact) mass is 305 g/mol. The second kappa shape index (κ2) is 4.97. The summed E-state index contributed by atoms with van der Waals surface area (Å²) in [5, 5.41) is -0.369. The predicted octanol–water partition coefficient (Wildman–Crippen LogP) is 3.46. The molecule has 2 rings (SSSR count). The number of halogens is 4. The van der Waals surface area contributed by atoms with Crippen molar-refractivity contribution in [3.8, 4) is 5.88 Å². The third-order valence-electron chi connectivity index (χ3n) is 2.84. The van der Waals surface area contributed by atoms with E-state index in [4.69, 9.17) is 22.1 Å². The predicted molar refractivity (Wildman–Crippen MR) is 69.9 cm³/mol. The van der Waals surface area contributed by atoms with Gasteiger partial charge in [-0.2, -0.15) is 13.2 Å². The molecule has 0 bridgehead atoms. The number of nitrogen functional groups attached to an aromatic ring is 1. The van der Waals surface area contributed by atoms with E-state index in [1.807, 2.05) is 0 Å². The Bertz CT molecular complexity index is 673. The summed E-state index contributed by atoms with van der Waals surface area (Å²) in [4.78, 5) is 7.99. The lowest BCUT2D eigenvalue weighted by Gasteiger charge is -2.15. The van der Waals surface area contributed by atoms with E-state index in [1.165, 1.54) is 7.11 Å². The number of alkyl halides is 3. The molecule has 1 aromatic carbocycles. The highest BCUT2D eigenvalue weighted by Gasteiger charge is 2.35. The zero-order valence-electron chi connectivity index (χ0n) is 10.7. The second-order valence-electron chi connectivity index (χ2n) is 4.05. The van der Waals surface area contributed by atoms with Gasteiger partial charge in [-0.25, -0.2) is 9.97 Å². The maximum absolute atomic E-state index is 13.0. The van der Waals surface area contributed by atoms with Crippen molar-refractivity contribution in [2.75, 3.05) is 12.8 Å². The minimum Gasteiger partial charge on any atom is -0.478 e. The average Bonchev–Trinajstić information content (AvgIpc) is 2.36. The van der Waals surface area contributed by atoms with E-state index >= 15 is 0 Å². The standard InChI is InChI=1S/C12H11ClF3N3O/c1-3-5-8(13)6(12(14,15)16)4-7-9(5)19-10(17)11(18-7)20-2/h4H,3H2,1-2H3,(H2,17,19). The molecular formula is C12H11ClF3N3O. The fraction of sp³-hybridized carbons (Fsp3) is 0.333. The number of benzene rings is 1. The SMILES string of the molecule is CCc1c(Cl)c(C(F)(F)F)cc2nc(OC)c(N)nc12.